The Kier molecular flexibility index (Phi) is 5.26. The van der Waals surface area contributed by atoms with Crippen LogP contribution in [0.1, 0.15) is 30.8 Å². The van der Waals surface area contributed by atoms with Gasteiger partial charge in [0.15, 0.2) is 0 Å². The Hall–Kier alpha value is -1.89. The third-order valence-corrected chi connectivity index (χ3v) is 3.42. The third-order valence-electron chi connectivity index (χ3n) is 3.42. The predicted molar refractivity (Wildman–Crippen MR) is 76.5 cm³/mol. The lowest BCUT2D eigenvalue weighted by Crippen LogP contribution is -2.35. The monoisotopic (exact) mass is 282 g/mol. The quantitative estimate of drug-likeness (QED) is 0.630. The molecule has 1 aromatic rings. The maximum Gasteiger partial charge on any atom is 0.287 e. The van der Waals surface area contributed by atoms with Gasteiger partial charge in [-0.15, -0.1) is 0 Å². The van der Waals surface area contributed by atoms with Crippen LogP contribution in [0.3, 0.4) is 0 Å². The van der Waals surface area contributed by atoms with Crippen molar-refractivity contribution in [3.8, 4) is 0 Å². The smallest absolute Gasteiger partial charge is 0.287 e. The van der Waals surface area contributed by atoms with Crippen LogP contribution < -0.4 is 5.73 Å². The Morgan fingerprint density at radius 1 is 1.55 bits per heavy atom. The van der Waals surface area contributed by atoms with Gasteiger partial charge in [-0.25, -0.2) is 0 Å². The molecule has 0 fully saturated rings. The highest BCUT2D eigenvalue weighted by Gasteiger charge is 2.21. The lowest BCUT2D eigenvalue weighted by Gasteiger charge is -2.21. The fourth-order valence-corrected chi connectivity index (χ4v) is 1.83. The van der Waals surface area contributed by atoms with Gasteiger partial charge in [0.25, 0.3) is 11.6 Å². The van der Waals surface area contributed by atoms with Crippen LogP contribution >= 0.6 is 0 Å². The molecule has 1 atom stereocenters. The predicted octanol–water partition coefficient (Wildman–Crippen LogP) is 1.38. The fourth-order valence-electron chi connectivity index (χ4n) is 1.83. The molecule has 112 valence electrons. The maximum atomic E-state index is 12.2. The summed E-state index contributed by atoms with van der Waals surface area (Å²) in [7, 11) is 3.29. The van der Waals surface area contributed by atoms with Gasteiger partial charge < -0.3 is 15.2 Å². The molecule has 0 saturated carbocycles. The minimum atomic E-state index is -0.508. The van der Waals surface area contributed by atoms with E-state index in [4.69, 9.17) is 5.73 Å². The molecule has 1 rings (SSSR count). The molecule has 0 aliphatic rings. The summed E-state index contributed by atoms with van der Waals surface area (Å²) < 4.78 is 1.47. The van der Waals surface area contributed by atoms with E-state index in [0.717, 1.165) is 0 Å². The number of aromatic nitrogens is 1. The first kappa shape index (κ1) is 16.2. The van der Waals surface area contributed by atoms with Gasteiger partial charge in [-0.3, -0.25) is 14.9 Å². The van der Waals surface area contributed by atoms with Crippen molar-refractivity contribution in [3.63, 3.8) is 0 Å². The molecule has 0 aliphatic heterocycles. The number of amides is 1. The first-order chi connectivity index (χ1) is 9.23. The molecule has 7 nitrogen and oxygen atoms in total. The highest BCUT2D eigenvalue weighted by Crippen LogP contribution is 2.16. The summed E-state index contributed by atoms with van der Waals surface area (Å²) in [5.74, 6) is 0.117. The van der Waals surface area contributed by atoms with Crippen molar-refractivity contribution in [1.82, 2.24) is 9.47 Å². The normalized spacial score (nSPS) is 12.5. The van der Waals surface area contributed by atoms with Gasteiger partial charge in [0.1, 0.15) is 5.69 Å². The van der Waals surface area contributed by atoms with E-state index in [1.54, 1.807) is 19.0 Å². The minimum Gasteiger partial charge on any atom is -0.340 e. The van der Waals surface area contributed by atoms with E-state index in [-0.39, 0.29) is 17.6 Å². The molecule has 1 aromatic heterocycles. The SMILES string of the molecule is CC(C)C(N)CCN(C)C(=O)c1cc([N+](=O)[O-])cn1C. The number of aryl methyl sites for hydroxylation is 1. The van der Waals surface area contributed by atoms with Crippen LogP contribution in [-0.4, -0.2) is 39.9 Å². The van der Waals surface area contributed by atoms with Gasteiger partial charge in [0, 0.05) is 32.7 Å². The molecule has 0 radical (unpaired) electrons. The topological polar surface area (TPSA) is 94.4 Å². The van der Waals surface area contributed by atoms with E-state index in [1.165, 1.54) is 16.8 Å². The number of nitro groups is 1. The van der Waals surface area contributed by atoms with Crippen molar-refractivity contribution in [1.29, 1.82) is 0 Å². The molecule has 0 bridgehead atoms. The van der Waals surface area contributed by atoms with Crippen LogP contribution in [0.2, 0.25) is 0 Å². The van der Waals surface area contributed by atoms with Crippen molar-refractivity contribution in [2.24, 2.45) is 18.7 Å². The van der Waals surface area contributed by atoms with Gasteiger partial charge >= 0.3 is 0 Å². The van der Waals surface area contributed by atoms with Crippen molar-refractivity contribution in [2.75, 3.05) is 13.6 Å². The van der Waals surface area contributed by atoms with Gasteiger partial charge in [0.2, 0.25) is 0 Å². The molecule has 0 aliphatic carbocycles. The molecule has 1 amide bonds. The second-order valence-electron chi connectivity index (χ2n) is 5.37. The van der Waals surface area contributed by atoms with Crippen molar-refractivity contribution in [3.05, 3.63) is 28.1 Å². The van der Waals surface area contributed by atoms with Crippen molar-refractivity contribution in [2.45, 2.75) is 26.3 Å². The lowest BCUT2D eigenvalue weighted by atomic mass is 10.0. The Morgan fingerprint density at radius 3 is 2.60 bits per heavy atom. The average Bonchev–Trinajstić information content (AvgIpc) is 2.76. The van der Waals surface area contributed by atoms with Crippen LogP contribution in [0.15, 0.2) is 12.3 Å². The minimum absolute atomic E-state index is 0.0352. The summed E-state index contributed by atoms with van der Waals surface area (Å²) in [4.78, 5) is 24.0. The van der Waals surface area contributed by atoms with Gasteiger partial charge in [-0.05, 0) is 12.3 Å². The maximum absolute atomic E-state index is 12.2. The zero-order valence-electron chi connectivity index (χ0n) is 12.4. The Labute approximate surface area is 118 Å². The summed E-state index contributed by atoms with van der Waals surface area (Å²) in [5, 5.41) is 10.7. The molecular weight excluding hydrogens is 260 g/mol. The number of rotatable bonds is 6. The van der Waals surface area contributed by atoms with Crippen LogP contribution in [0, 0.1) is 16.0 Å². The summed E-state index contributed by atoms with van der Waals surface area (Å²) in [6.07, 6.45) is 2.04. The number of hydrogen-bond donors (Lipinski definition) is 1. The van der Waals surface area contributed by atoms with E-state index < -0.39 is 4.92 Å². The van der Waals surface area contributed by atoms with Crippen LogP contribution in [0.25, 0.3) is 0 Å². The second kappa shape index (κ2) is 6.51. The van der Waals surface area contributed by atoms with Gasteiger partial charge in [-0.2, -0.15) is 0 Å². The number of carbonyl (C=O) groups excluding carboxylic acids is 1. The standard InChI is InChI=1S/C13H22N4O3/c1-9(2)11(14)5-6-15(3)13(18)12-7-10(17(19)20)8-16(12)4/h7-9,11H,5-6,14H2,1-4H3. The van der Waals surface area contributed by atoms with E-state index in [2.05, 4.69) is 0 Å². The summed E-state index contributed by atoms with van der Waals surface area (Å²) in [5.41, 5.74) is 6.17. The Balaban J connectivity index is 2.72. The third kappa shape index (κ3) is 3.80. The molecule has 0 aromatic carbocycles. The Morgan fingerprint density at radius 2 is 2.15 bits per heavy atom. The highest BCUT2D eigenvalue weighted by atomic mass is 16.6. The summed E-state index contributed by atoms with van der Waals surface area (Å²) in [6, 6.07) is 1.33. The molecule has 0 saturated heterocycles. The lowest BCUT2D eigenvalue weighted by molar-refractivity contribution is -0.384. The number of carbonyl (C=O) groups is 1. The molecule has 2 N–H and O–H groups in total. The van der Waals surface area contributed by atoms with E-state index in [9.17, 15) is 14.9 Å². The van der Waals surface area contributed by atoms with Crippen LogP contribution in [0.5, 0.6) is 0 Å². The number of hydrogen-bond acceptors (Lipinski definition) is 4. The van der Waals surface area contributed by atoms with Crippen molar-refractivity contribution < 1.29 is 9.72 Å². The van der Waals surface area contributed by atoms with Crippen LogP contribution in [-0.2, 0) is 7.05 Å². The van der Waals surface area contributed by atoms with E-state index >= 15 is 0 Å². The average molecular weight is 282 g/mol. The molecule has 1 unspecified atom stereocenters. The van der Waals surface area contributed by atoms with Crippen molar-refractivity contribution >= 4 is 11.6 Å². The fraction of sp³-hybridized carbons (Fsp3) is 0.615. The summed E-state index contributed by atoms with van der Waals surface area (Å²) in [6.45, 7) is 4.59. The van der Waals surface area contributed by atoms with Crippen LogP contribution in [0.4, 0.5) is 5.69 Å². The zero-order chi connectivity index (χ0) is 15.4. The Bertz CT molecular complexity index is 496. The molecule has 20 heavy (non-hydrogen) atoms. The largest absolute Gasteiger partial charge is 0.340 e. The zero-order valence-corrected chi connectivity index (χ0v) is 12.4. The molecular formula is C13H22N4O3. The summed E-state index contributed by atoms with van der Waals surface area (Å²) >= 11 is 0. The van der Waals surface area contributed by atoms with E-state index in [1.807, 2.05) is 13.8 Å². The highest BCUT2D eigenvalue weighted by molar-refractivity contribution is 5.93. The van der Waals surface area contributed by atoms with Gasteiger partial charge in [-0.1, -0.05) is 13.8 Å². The second-order valence-corrected chi connectivity index (χ2v) is 5.37. The molecule has 1 heterocycles. The van der Waals surface area contributed by atoms with Gasteiger partial charge in [0.05, 0.1) is 11.1 Å². The molecule has 0 spiro atoms. The first-order valence-electron chi connectivity index (χ1n) is 6.55. The number of nitrogens with two attached hydrogens (primary N) is 1. The number of nitrogens with zero attached hydrogens (tertiary/aromatic N) is 3. The molecule has 7 heteroatoms. The van der Waals surface area contributed by atoms with E-state index in [0.29, 0.717) is 24.6 Å². The first-order valence-corrected chi connectivity index (χ1v) is 6.55.